The molecule has 1 unspecified atom stereocenters. The summed E-state index contributed by atoms with van der Waals surface area (Å²) in [6, 6.07) is 4.58. The number of halogens is 2. The Kier molecular flexibility index (Phi) is 8.47. The van der Waals surface area contributed by atoms with E-state index in [1.807, 2.05) is 0 Å². The molecular formula is C20H21Cl2N3O6. The van der Waals surface area contributed by atoms with Crippen LogP contribution in [-0.4, -0.2) is 46.2 Å². The normalized spacial score (nSPS) is 11.7. The van der Waals surface area contributed by atoms with Crippen molar-refractivity contribution in [2.24, 2.45) is 10.2 Å². The van der Waals surface area contributed by atoms with Gasteiger partial charge in [0.1, 0.15) is 5.75 Å². The van der Waals surface area contributed by atoms with E-state index in [1.54, 1.807) is 0 Å². The smallest absolute Gasteiger partial charge is 0.258 e. The lowest BCUT2D eigenvalue weighted by atomic mass is 10.2. The average Bonchev–Trinajstić information content (AvgIpc) is 2.72. The summed E-state index contributed by atoms with van der Waals surface area (Å²) >= 11 is 12.3. The topological polar surface area (TPSA) is 108 Å². The number of methoxy groups -OCH3 is 4. The van der Waals surface area contributed by atoms with Gasteiger partial charge in [-0.3, -0.25) is 9.59 Å². The third-order valence-corrected chi connectivity index (χ3v) is 4.62. The van der Waals surface area contributed by atoms with Crippen molar-refractivity contribution in [1.29, 1.82) is 0 Å². The van der Waals surface area contributed by atoms with Gasteiger partial charge in [-0.15, -0.1) is 0 Å². The minimum atomic E-state index is -1.43. The summed E-state index contributed by atoms with van der Waals surface area (Å²) in [6.45, 7) is 1.22. The second kappa shape index (κ2) is 10.8. The van der Waals surface area contributed by atoms with Crippen LogP contribution >= 0.6 is 23.2 Å². The van der Waals surface area contributed by atoms with Gasteiger partial charge >= 0.3 is 0 Å². The lowest BCUT2D eigenvalue weighted by molar-refractivity contribution is -0.126. The summed E-state index contributed by atoms with van der Waals surface area (Å²) in [7, 11) is 5.73. The van der Waals surface area contributed by atoms with Crippen LogP contribution < -0.4 is 24.3 Å². The number of nitrogens with one attached hydrogen (secondary N) is 1. The van der Waals surface area contributed by atoms with E-state index in [0.717, 1.165) is 0 Å². The molecule has 1 amide bonds. The van der Waals surface area contributed by atoms with E-state index in [4.69, 9.17) is 42.1 Å². The van der Waals surface area contributed by atoms with Gasteiger partial charge in [-0.1, -0.05) is 23.2 Å². The van der Waals surface area contributed by atoms with Crippen molar-refractivity contribution in [2.75, 3.05) is 33.8 Å². The third-order valence-electron chi connectivity index (χ3n) is 4.06. The summed E-state index contributed by atoms with van der Waals surface area (Å²) in [5.74, 6) is -0.00969. The molecule has 0 aliphatic heterocycles. The zero-order valence-corrected chi connectivity index (χ0v) is 19.0. The number of rotatable bonds is 9. The van der Waals surface area contributed by atoms with E-state index in [9.17, 15) is 9.59 Å². The molecule has 2 aromatic carbocycles. The van der Waals surface area contributed by atoms with Crippen LogP contribution in [0.4, 0.5) is 11.4 Å². The molecule has 0 fully saturated rings. The van der Waals surface area contributed by atoms with Crippen LogP contribution in [-0.2, 0) is 9.59 Å². The van der Waals surface area contributed by atoms with E-state index < -0.39 is 17.7 Å². The van der Waals surface area contributed by atoms with Crippen molar-refractivity contribution >= 4 is 46.3 Å². The summed E-state index contributed by atoms with van der Waals surface area (Å²) in [5.41, 5.74) is 0.483. The number of ketones is 1. The minimum absolute atomic E-state index is 0.210. The molecule has 0 aliphatic rings. The number of nitrogens with zero attached hydrogens (tertiary/aromatic N) is 2. The maximum absolute atomic E-state index is 12.7. The Balaban J connectivity index is 2.33. The number of ether oxygens (including phenoxy) is 4. The van der Waals surface area contributed by atoms with E-state index in [0.29, 0.717) is 17.2 Å². The molecule has 9 nitrogen and oxygen atoms in total. The number of carbonyl (C=O) groups excluding carboxylic acids is 2. The van der Waals surface area contributed by atoms with Gasteiger partial charge in [-0.05, 0) is 13.0 Å². The maximum Gasteiger partial charge on any atom is 0.258 e. The van der Waals surface area contributed by atoms with Crippen molar-refractivity contribution in [1.82, 2.24) is 0 Å². The van der Waals surface area contributed by atoms with Crippen LogP contribution in [0.3, 0.4) is 0 Å². The molecule has 0 radical (unpaired) electrons. The highest BCUT2D eigenvalue weighted by atomic mass is 35.5. The SMILES string of the molecule is COc1cc(Cl)c(OC)c(NC(=O)C(N=Nc2cc(Cl)c(OC)c(OC)c2)C(C)=O)c1. The third kappa shape index (κ3) is 5.77. The second-order valence-electron chi connectivity index (χ2n) is 6.07. The van der Waals surface area contributed by atoms with E-state index in [2.05, 4.69) is 15.5 Å². The quantitative estimate of drug-likeness (QED) is 0.420. The van der Waals surface area contributed by atoms with Crippen LogP contribution in [0.5, 0.6) is 23.0 Å². The largest absolute Gasteiger partial charge is 0.497 e. The van der Waals surface area contributed by atoms with Crippen molar-refractivity contribution in [2.45, 2.75) is 13.0 Å². The van der Waals surface area contributed by atoms with Gasteiger partial charge in [0.2, 0.25) is 6.04 Å². The fraction of sp³-hybridized carbons (Fsp3) is 0.300. The first-order valence-electron chi connectivity index (χ1n) is 8.80. The van der Waals surface area contributed by atoms with Crippen molar-refractivity contribution in [3.63, 3.8) is 0 Å². The molecule has 0 aromatic heterocycles. The van der Waals surface area contributed by atoms with Crippen molar-refractivity contribution in [3.8, 4) is 23.0 Å². The fourth-order valence-corrected chi connectivity index (χ4v) is 3.16. The summed E-state index contributed by atoms with van der Waals surface area (Å²) in [4.78, 5) is 24.8. The molecule has 1 N–H and O–H groups in total. The number of hydrogen-bond acceptors (Lipinski definition) is 8. The molecule has 0 aliphatic carbocycles. The van der Waals surface area contributed by atoms with Crippen LogP contribution in [0.25, 0.3) is 0 Å². The molecule has 0 spiro atoms. The average molecular weight is 470 g/mol. The second-order valence-corrected chi connectivity index (χ2v) is 6.89. The number of amides is 1. The predicted octanol–water partition coefficient (Wildman–Crippen LogP) is 4.71. The van der Waals surface area contributed by atoms with Crippen LogP contribution in [0.1, 0.15) is 6.92 Å². The van der Waals surface area contributed by atoms with E-state index in [1.165, 1.54) is 59.6 Å². The Hall–Kier alpha value is -3.04. The monoisotopic (exact) mass is 469 g/mol. The number of azo groups is 1. The molecule has 0 saturated carbocycles. The minimum Gasteiger partial charge on any atom is -0.497 e. The first-order chi connectivity index (χ1) is 14.7. The van der Waals surface area contributed by atoms with Gasteiger partial charge in [0, 0.05) is 18.2 Å². The zero-order chi connectivity index (χ0) is 23.1. The van der Waals surface area contributed by atoms with Crippen molar-refractivity contribution in [3.05, 3.63) is 34.3 Å². The molecule has 2 aromatic rings. The Morgan fingerprint density at radius 3 is 2.10 bits per heavy atom. The maximum atomic E-state index is 12.7. The first-order valence-corrected chi connectivity index (χ1v) is 9.56. The predicted molar refractivity (Wildman–Crippen MR) is 117 cm³/mol. The number of hydrogen-bond donors (Lipinski definition) is 1. The molecule has 166 valence electrons. The zero-order valence-electron chi connectivity index (χ0n) is 17.5. The Morgan fingerprint density at radius 1 is 0.903 bits per heavy atom. The standard InChI is InChI=1S/C20H21Cl2N3O6/c1-10(26)17(25-24-11-6-13(21)19(31-5)16(7-11)29-3)20(27)23-15-9-12(28-2)8-14(22)18(15)30-4/h6-9,17H,1-5H3,(H,23,27). The molecule has 1 atom stereocenters. The highest BCUT2D eigenvalue weighted by molar-refractivity contribution is 6.33. The molecule has 2 rings (SSSR count). The van der Waals surface area contributed by atoms with Gasteiger partial charge in [-0.25, -0.2) is 0 Å². The lowest BCUT2D eigenvalue weighted by Gasteiger charge is -2.15. The highest BCUT2D eigenvalue weighted by Gasteiger charge is 2.25. The van der Waals surface area contributed by atoms with Gasteiger partial charge in [0.25, 0.3) is 5.91 Å². The van der Waals surface area contributed by atoms with Gasteiger partial charge in [0.15, 0.2) is 23.0 Å². The number of Topliss-reactive ketones (excluding diaryl/α,β-unsaturated/α-hetero) is 1. The molecule has 0 heterocycles. The van der Waals surface area contributed by atoms with Crippen LogP contribution in [0.15, 0.2) is 34.5 Å². The van der Waals surface area contributed by atoms with Gasteiger partial charge < -0.3 is 24.3 Å². The summed E-state index contributed by atoms with van der Waals surface area (Å²) in [6.07, 6.45) is 0. The van der Waals surface area contributed by atoms with Crippen LogP contribution in [0.2, 0.25) is 10.0 Å². The van der Waals surface area contributed by atoms with Gasteiger partial charge in [0.05, 0.1) is 49.9 Å². The molecule has 0 saturated heterocycles. The Labute approximate surface area is 189 Å². The number of carbonyl (C=O) groups is 2. The van der Waals surface area contributed by atoms with Gasteiger partial charge in [-0.2, -0.15) is 10.2 Å². The Bertz CT molecular complexity index is 1010. The van der Waals surface area contributed by atoms with E-state index in [-0.39, 0.29) is 27.2 Å². The molecular weight excluding hydrogens is 449 g/mol. The summed E-state index contributed by atoms with van der Waals surface area (Å²) in [5, 5.41) is 10.9. The molecule has 31 heavy (non-hydrogen) atoms. The fourth-order valence-electron chi connectivity index (χ4n) is 2.59. The Morgan fingerprint density at radius 2 is 1.55 bits per heavy atom. The molecule has 0 bridgehead atoms. The van der Waals surface area contributed by atoms with Crippen LogP contribution in [0, 0.1) is 0 Å². The summed E-state index contributed by atoms with van der Waals surface area (Å²) < 4.78 is 20.7. The lowest BCUT2D eigenvalue weighted by Crippen LogP contribution is -2.32. The molecule has 11 heteroatoms. The van der Waals surface area contributed by atoms with E-state index >= 15 is 0 Å². The number of benzene rings is 2. The first kappa shape index (κ1) is 24.2. The number of anilines is 1. The van der Waals surface area contributed by atoms with Crippen molar-refractivity contribution < 1.29 is 28.5 Å². The highest BCUT2D eigenvalue weighted by Crippen LogP contribution is 2.39.